The van der Waals surface area contributed by atoms with Gasteiger partial charge < -0.3 is 14.8 Å². The summed E-state index contributed by atoms with van der Waals surface area (Å²) in [5, 5.41) is 0.812. The molecule has 2 atom stereocenters. The van der Waals surface area contributed by atoms with Crippen LogP contribution in [0.4, 0.5) is 4.39 Å². The first kappa shape index (κ1) is 16.0. The number of hydrogen-bond donors (Lipinski definition) is 1. The fourth-order valence-corrected chi connectivity index (χ4v) is 3.67. The van der Waals surface area contributed by atoms with Crippen LogP contribution in [0.25, 0.3) is 10.9 Å². The fraction of sp³-hybridized carbons (Fsp3) is 0.500. The molecule has 1 aromatic heterocycles. The Balaban J connectivity index is 1.81. The van der Waals surface area contributed by atoms with E-state index >= 15 is 0 Å². The van der Waals surface area contributed by atoms with E-state index in [4.69, 9.17) is 0 Å². The maximum atomic E-state index is 13.5. The number of nitrogens with one attached hydrogen (secondary N) is 1. The molecule has 3 rings (SSSR count). The van der Waals surface area contributed by atoms with E-state index in [-0.39, 0.29) is 11.7 Å². The molecule has 1 aromatic carbocycles. The van der Waals surface area contributed by atoms with Crippen molar-refractivity contribution < 1.29 is 9.18 Å². The van der Waals surface area contributed by atoms with Crippen LogP contribution in [0.3, 0.4) is 0 Å². The fourth-order valence-electron chi connectivity index (χ4n) is 3.67. The molecule has 1 saturated heterocycles. The summed E-state index contributed by atoms with van der Waals surface area (Å²) in [6, 6.07) is 5.08. The standard InChI is InChI=1S/C18H24FN3O/c1-11-9-22(10-17(11)21(3)4)18(23)8-14-12(2)20-16-6-5-13(19)7-15(14)16/h5-7,11,17,20H,8-10H2,1-4H3/t11-,17-/m0/s1. The number of aromatic nitrogens is 1. The van der Waals surface area contributed by atoms with Gasteiger partial charge in [-0.1, -0.05) is 6.92 Å². The van der Waals surface area contributed by atoms with Crippen LogP contribution in [0.5, 0.6) is 0 Å². The largest absolute Gasteiger partial charge is 0.358 e. The van der Waals surface area contributed by atoms with Crippen molar-refractivity contribution in [2.45, 2.75) is 26.3 Å². The lowest BCUT2D eigenvalue weighted by Gasteiger charge is -2.22. The molecule has 2 heterocycles. The van der Waals surface area contributed by atoms with Crippen molar-refractivity contribution in [1.29, 1.82) is 0 Å². The normalized spacial score (nSPS) is 21.6. The van der Waals surface area contributed by atoms with Crippen molar-refractivity contribution in [3.63, 3.8) is 0 Å². The van der Waals surface area contributed by atoms with E-state index < -0.39 is 0 Å². The molecular weight excluding hydrogens is 293 g/mol. The number of aryl methyl sites for hydroxylation is 1. The molecule has 0 aliphatic carbocycles. The van der Waals surface area contributed by atoms with Crippen LogP contribution < -0.4 is 0 Å². The number of benzene rings is 1. The third-order valence-electron chi connectivity index (χ3n) is 5.00. The molecule has 1 aliphatic rings. The topological polar surface area (TPSA) is 39.3 Å². The molecule has 23 heavy (non-hydrogen) atoms. The smallest absolute Gasteiger partial charge is 0.227 e. The molecule has 1 fully saturated rings. The highest BCUT2D eigenvalue weighted by atomic mass is 19.1. The summed E-state index contributed by atoms with van der Waals surface area (Å²) >= 11 is 0. The Morgan fingerprint density at radius 3 is 2.78 bits per heavy atom. The second-order valence-electron chi connectivity index (χ2n) is 6.90. The Hall–Kier alpha value is -1.88. The van der Waals surface area contributed by atoms with Crippen molar-refractivity contribution >= 4 is 16.8 Å². The van der Waals surface area contributed by atoms with E-state index in [1.165, 1.54) is 12.1 Å². The van der Waals surface area contributed by atoms with E-state index in [2.05, 4.69) is 30.9 Å². The van der Waals surface area contributed by atoms with Gasteiger partial charge in [0.25, 0.3) is 0 Å². The molecular formula is C18H24FN3O. The minimum Gasteiger partial charge on any atom is -0.358 e. The number of H-pyrrole nitrogens is 1. The monoisotopic (exact) mass is 317 g/mol. The molecule has 2 aromatic rings. The molecule has 1 N–H and O–H groups in total. The number of aromatic amines is 1. The van der Waals surface area contributed by atoms with Crippen LogP contribution in [0.1, 0.15) is 18.2 Å². The van der Waals surface area contributed by atoms with Crippen LogP contribution in [0.15, 0.2) is 18.2 Å². The second kappa shape index (κ2) is 5.96. The molecule has 0 unspecified atom stereocenters. The molecule has 4 nitrogen and oxygen atoms in total. The van der Waals surface area contributed by atoms with Gasteiger partial charge in [0.2, 0.25) is 5.91 Å². The van der Waals surface area contributed by atoms with E-state index in [0.717, 1.165) is 35.2 Å². The summed E-state index contributed by atoms with van der Waals surface area (Å²) in [5.74, 6) is 0.317. The Labute approximate surface area is 136 Å². The van der Waals surface area contributed by atoms with Gasteiger partial charge in [-0.2, -0.15) is 0 Å². The van der Waals surface area contributed by atoms with Crippen molar-refractivity contribution in [2.75, 3.05) is 27.2 Å². The zero-order chi connectivity index (χ0) is 16.7. The second-order valence-corrected chi connectivity index (χ2v) is 6.90. The van der Waals surface area contributed by atoms with Crippen LogP contribution in [0, 0.1) is 18.7 Å². The van der Waals surface area contributed by atoms with Gasteiger partial charge in [-0.3, -0.25) is 4.79 Å². The summed E-state index contributed by atoms with van der Waals surface area (Å²) in [5.41, 5.74) is 2.73. The zero-order valence-electron chi connectivity index (χ0n) is 14.2. The third-order valence-corrected chi connectivity index (χ3v) is 5.00. The van der Waals surface area contributed by atoms with Gasteiger partial charge in [0.15, 0.2) is 0 Å². The van der Waals surface area contributed by atoms with Crippen molar-refractivity contribution in [3.05, 3.63) is 35.3 Å². The maximum absolute atomic E-state index is 13.5. The number of carbonyl (C=O) groups is 1. The first-order chi connectivity index (χ1) is 10.9. The third kappa shape index (κ3) is 2.98. The number of fused-ring (bicyclic) bond motifs is 1. The minimum absolute atomic E-state index is 0.120. The molecule has 5 heteroatoms. The van der Waals surface area contributed by atoms with Crippen LogP contribution in [0.2, 0.25) is 0 Å². The summed E-state index contributed by atoms with van der Waals surface area (Å²) in [6.07, 6.45) is 0.322. The molecule has 124 valence electrons. The van der Waals surface area contributed by atoms with Gasteiger partial charge in [-0.05, 0) is 50.7 Å². The highest BCUT2D eigenvalue weighted by molar-refractivity contribution is 5.90. The molecule has 0 bridgehead atoms. The SMILES string of the molecule is Cc1[nH]c2ccc(F)cc2c1CC(=O)N1C[C@H](C)[C@@H](N(C)C)C1. The summed E-state index contributed by atoms with van der Waals surface area (Å²) in [7, 11) is 4.11. The molecule has 0 saturated carbocycles. The number of rotatable bonds is 3. The quantitative estimate of drug-likeness (QED) is 0.945. The summed E-state index contributed by atoms with van der Waals surface area (Å²) in [4.78, 5) is 20.1. The Morgan fingerprint density at radius 2 is 2.13 bits per heavy atom. The lowest BCUT2D eigenvalue weighted by molar-refractivity contribution is -0.129. The van der Waals surface area contributed by atoms with Crippen LogP contribution in [-0.4, -0.2) is 53.9 Å². The highest BCUT2D eigenvalue weighted by Crippen LogP contribution is 2.26. The first-order valence-electron chi connectivity index (χ1n) is 8.07. The maximum Gasteiger partial charge on any atom is 0.227 e. The Morgan fingerprint density at radius 1 is 1.39 bits per heavy atom. The van der Waals surface area contributed by atoms with E-state index in [1.54, 1.807) is 6.07 Å². The van der Waals surface area contributed by atoms with Gasteiger partial charge in [-0.15, -0.1) is 0 Å². The molecule has 1 aliphatic heterocycles. The van der Waals surface area contributed by atoms with Crippen LogP contribution in [-0.2, 0) is 11.2 Å². The van der Waals surface area contributed by atoms with Crippen molar-refractivity contribution in [3.8, 4) is 0 Å². The highest BCUT2D eigenvalue weighted by Gasteiger charge is 2.33. The Kier molecular flexibility index (Phi) is 4.15. The van der Waals surface area contributed by atoms with Crippen LogP contribution >= 0.6 is 0 Å². The number of amides is 1. The average Bonchev–Trinajstić information content (AvgIpc) is 3.01. The van der Waals surface area contributed by atoms with E-state index in [1.807, 2.05) is 11.8 Å². The lowest BCUT2D eigenvalue weighted by atomic mass is 10.1. The molecule has 1 amide bonds. The van der Waals surface area contributed by atoms with Gasteiger partial charge in [-0.25, -0.2) is 4.39 Å². The van der Waals surface area contributed by atoms with Crippen molar-refractivity contribution in [1.82, 2.24) is 14.8 Å². The average molecular weight is 317 g/mol. The van der Waals surface area contributed by atoms with Gasteiger partial charge >= 0.3 is 0 Å². The molecule has 0 radical (unpaired) electrons. The van der Waals surface area contributed by atoms with Crippen molar-refractivity contribution in [2.24, 2.45) is 5.92 Å². The number of nitrogens with zero attached hydrogens (tertiary/aromatic N) is 2. The first-order valence-corrected chi connectivity index (χ1v) is 8.07. The minimum atomic E-state index is -0.271. The lowest BCUT2D eigenvalue weighted by Crippen LogP contribution is -2.36. The number of likely N-dealkylation sites (N-methyl/N-ethyl adjacent to an activating group) is 1. The number of likely N-dealkylation sites (tertiary alicyclic amines) is 1. The number of halogens is 1. The zero-order valence-corrected chi connectivity index (χ0v) is 14.2. The van der Waals surface area contributed by atoms with Gasteiger partial charge in [0, 0.05) is 35.7 Å². The predicted octanol–water partition coefficient (Wildman–Crippen LogP) is 2.57. The van der Waals surface area contributed by atoms with E-state index in [0.29, 0.717) is 18.4 Å². The number of carbonyl (C=O) groups excluding carboxylic acids is 1. The number of hydrogen-bond acceptors (Lipinski definition) is 2. The van der Waals surface area contributed by atoms with E-state index in [9.17, 15) is 9.18 Å². The van der Waals surface area contributed by atoms with Gasteiger partial charge in [0.1, 0.15) is 5.82 Å². The molecule has 0 spiro atoms. The Bertz CT molecular complexity index is 737. The van der Waals surface area contributed by atoms with Gasteiger partial charge in [0.05, 0.1) is 6.42 Å². The summed E-state index contributed by atoms with van der Waals surface area (Å²) in [6.45, 7) is 5.68. The predicted molar refractivity (Wildman–Crippen MR) is 89.9 cm³/mol. The summed E-state index contributed by atoms with van der Waals surface area (Å²) < 4.78 is 13.5.